The fourth-order valence-corrected chi connectivity index (χ4v) is 3.29. The number of benzene rings is 1. The van der Waals surface area contributed by atoms with Crippen molar-refractivity contribution in [3.05, 3.63) is 76.0 Å². The molecule has 1 atom stereocenters. The summed E-state index contributed by atoms with van der Waals surface area (Å²) in [5, 5.41) is 4.13. The van der Waals surface area contributed by atoms with Crippen LogP contribution >= 0.6 is 0 Å². The number of nitrogens with zero attached hydrogens (tertiary/aromatic N) is 2. The van der Waals surface area contributed by atoms with Crippen molar-refractivity contribution >= 4 is 5.97 Å². The highest BCUT2D eigenvalue weighted by Gasteiger charge is 2.31. The minimum absolute atomic E-state index is 0.138. The molecule has 27 heavy (non-hydrogen) atoms. The Hall–Kier alpha value is -3.35. The number of carbonyl (C=O) groups excluding carboxylic acids is 1. The van der Waals surface area contributed by atoms with Crippen molar-refractivity contribution in [3.8, 4) is 11.5 Å². The van der Waals surface area contributed by atoms with Gasteiger partial charge in [0.15, 0.2) is 0 Å². The molecular weight excluding hydrogens is 346 g/mol. The van der Waals surface area contributed by atoms with Crippen molar-refractivity contribution in [2.24, 2.45) is 0 Å². The first-order chi connectivity index (χ1) is 13.1. The largest absolute Gasteiger partial charge is 0.492 e. The third kappa shape index (κ3) is 3.62. The Bertz CT molecular complexity index is 1010. The summed E-state index contributed by atoms with van der Waals surface area (Å²) in [6.07, 6.45) is 3.74. The van der Waals surface area contributed by atoms with Crippen molar-refractivity contribution in [2.75, 3.05) is 6.61 Å². The van der Waals surface area contributed by atoms with Crippen LogP contribution in [0.1, 0.15) is 29.2 Å². The van der Waals surface area contributed by atoms with Gasteiger partial charge < -0.3 is 14.5 Å². The van der Waals surface area contributed by atoms with E-state index in [4.69, 9.17) is 9.47 Å². The van der Waals surface area contributed by atoms with Gasteiger partial charge in [-0.25, -0.2) is 0 Å². The monoisotopic (exact) mass is 365 g/mol. The molecule has 7 nitrogen and oxygen atoms in total. The SMILES string of the molecule is Cc1cc2c(c(=O)[nH]1)C(c1ccc(OCCn3cccn3)cc1)CC(=O)O2. The van der Waals surface area contributed by atoms with Crippen LogP contribution in [0.4, 0.5) is 0 Å². The van der Waals surface area contributed by atoms with Gasteiger partial charge in [-0.1, -0.05) is 12.1 Å². The Morgan fingerprint density at radius 3 is 2.85 bits per heavy atom. The Kier molecular flexibility index (Phi) is 4.50. The first-order valence-corrected chi connectivity index (χ1v) is 8.75. The number of H-pyrrole nitrogens is 1. The third-order valence-electron chi connectivity index (χ3n) is 4.54. The maximum Gasteiger partial charge on any atom is 0.312 e. The second-order valence-electron chi connectivity index (χ2n) is 6.48. The van der Waals surface area contributed by atoms with E-state index in [0.717, 1.165) is 11.3 Å². The van der Waals surface area contributed by atoms with E-state index in [9.17, 15) is 9.59 Å². The number of hydrogen-bond acceptors (Lipinski definition) is 5. The number of carbonyl (C=O) groups is 1. The van der Waals surface area contributed by atoms with Crippen LogP contribution in [-0.4, -0.2) is 27.3 Å². The summed E-state index contributed by atoms with van der Waals surface area (Å²) >= 11 is 0. The molecule has 0 radical (unpaired) electrons. The summed E-state index contributed by atoms with van der Waals surface area (Å²) in [5.74, 6) is 0.403. The predicted molar refractivity (Wildman–Crippen MR) is 98.1 cm³/mol. The standard InChI is InChI=1S/C20H19N3O4/c1-13-11-17-19(20(25)22-13)16(12-18(24)27-17)14-3-5-15(6-4-14)26-10-9-23-8-2-7-21-23/h2-8,11,16H,9-10,12H2,1H3,(H,22,25). The summed E-state index contributed by atoms with van der Waals surface area (Å²) in [6.45, 7) is 2.92. The highest BCUT2D eigenvalue weighted by molar-refractivity contribution is 5.77. The normalized spacial score (nSPS) is 15.9. The van der Waals surface area contributed by atoms with Crippen LogP contribution < -0.4 is 15.0 Å². The lowest BCUT2D eigenvalue weighted by Crippen LogP contribution is -2.28. The number of aryl methyl sites for hydroxylation is 1. The molecule has 3 aromatic rings. The van der Waals surface area contributed by atoms with Crippen LogP contribution in [0, 0.1) is 6.92 Å². The van der Waals surface area contributed by atoms with E-state index in [2.05, 4.69) is 10.1 Å². The molecule has 2 aromatic heterocycles. The van der Waals surface area contributed by atoms with Gasteiger partial charge in [-0.05, 0) is 30.7 Å². The molecule has 1 aromatic carbocycles. The summed E-state index contributed by atoms with van der Waals surface area (Å²) in [7, 11) is 0. The maximum absolute atomic E-state index is 12.4. The quantitative estimate of drug-likeness (QED) is 0.702. The minimum Gasteiger partial charge on any atom is -0.492 e. The smallest absolute Gasteiger partial charge is 0.312 e. The predicted octanol–water partition coefficient (Wildman–Crippen LogP) is 2.40. The topological polar surface area (TPSA) is 86.2 Å². The van der Waals surface area contributed by atoms with Crippen LogP contribution in [0.5, 0.6) is 11.5 Å². The zero-order chi connectivity index (χ0) is 18.8. The first kappa shape index (κ1) is 17.1. The number of ether oxygens (including phenoxy) is 2. The van der Waals surface area contributed by atoms with E-state index in [1.54, 1.807) is 23.9 Å². The van der Waals surface area contributed by atoms with Crippen LogP contribution in [0.25, 0.3) is 0 Å². The fraction of sp³-hybridized carbons (Fsp3) is 0.250. The molecule has 7 heteroatoms. The zero-order valence-corrected chi connectivity index (χ0v) is 14.8. The molecule has 1 aliphatic rings. The second-order valence-corrected chi connectivity index (χ2v) is 6.48. The van der Waals surface area contributed by atoms with Crippen molar-refractivity contribution in [3.63, 3.8) is 0 Å². The molecule has 0 aliphatic carbocycles. The van der Waals surface area contributed by atoms with E-state index in [1.165, 1.54) is 0 Å². The molecular formula is C20H19N3O4. The number of aromatic amines is 1. The minimum atomic E-state index is -0.336. The van der Waals surface area contributed by atoms with Gasteiger partial charge >= 0.3 is 5.97 Å². The molecule has 0 saturated carbocycles. The van der Waals surface area contributed by atoms with Crippen molar-refractivity contribution in [1.29, 1.82) is 0 Å². The maximum atomic E-state index is 12.4. The number of nitrogens with one attached hydrogen (secondary N) is 1. The molecule has 1 aliphatic heterocycles. The van der Waals surface area contributed by atoms with E-state index in [1.807, 2.05) is 36.5 Å². The molecule has 4 rings (SSSR count). The lowest BCUT2D eigenvalue weighted by atomic mass is 9.87. The molecule has 0 amide bonds. The van der Waals surface area contributed by atoms with Gasteiger partial charge in [0.2, 0.25) is 0 Å². The number of pyridine rings is 1. The van der Waals surface area contributed by atoms with Crippen molar-refractivity contribution in [2.45, 2.75) is 25.8 Å². The fourth-order valence-electron chi connectivity index (χ4n) is 3.29. The number of rotatable bonds is 5. The van der Waals surface area contributed by atoms with Gasteiger partial charge in [0.05, 0.1) is 18.5 Å². The molecule has 1 N–H and O–H groups in total. The Labute approximate surface area is 155 Å². The van der Waals surface area contributed by atoms with Gasteiger partial charge in [0, 0.05) is 30.1 Å². The number of fused-ring (bicyclic) bond motifs is 1. The van der Waals surface area contributed by atoms with E-state index in [0.29, 0.717) is 30.2 Å². The third-order valence-corrected chi connectivity index (χ3v) is 4.54. The lowest BCUT2D eigenvalue weighted by Gasteiger charge is -2.24. The van der Waals surface area contributed by atoms with Gasteiger partial charge in [0.25, 0.3) is 5.56 Å². The summed E-state index contributed by atoms with van der Waals surface area (Å²) in [5.41, 5.74) is 1.81. The lowest BCUT2D eigenvalue weighted by molar-refractivity contribution is -0.135. The number of aromatic nitrogens is 3. The highest BCUT2D eigenvalue weighted by Crippen LogP contribution is 2.36. The Balaban J connectivity index is 1.52. The van der Waals surface area contributed by atoms with Crippen molar-refractivity contribution < 1.29 is 14.3 Å². The first-order valence-electron chi connectivity index (χ1n) is 8.75. The molecule has 138 valence electrons. The molecule has 0 saturated heterocycles. The van der Waals surface area contributed by atoms with E-state index in [-0.39, 0.29) is 23.9 Å². The van der Waals surface area contributed by atoms with Crippen molar-refractivity contribution in [1.82, 2.24) is 14.8 Å². The molecule has 0 bridgehead atoms. The molecule has 1 unspecified atom stereocenters. The average molecular weight is 365 g/mol. The van der Waals surface area contributed by atoms with Gasteiger partial charge in [-0.3, -0.25) is 14.3 Å². The molecule has 0 fully saturated rings. The Morgan fingerprint density at radius 1 is 1.30 bits per heavy atom. The van der Waals surface area contributed by atoms with E-state index >= 15 is 0 Å². The van der Waals surface area contributed by atoms with Gasteiger partial charge in [0.1, 0.15) is 18.1 Å². The number of hydrogen-bond donors (Lipinski definition) is 1. The van der Waals surface area contributed by atoms with Gasteiger partial charge in [-0.15, -0.1) is 0 Å². The summed E-state index contributed by atoms with van der Waals surface area (Å²) in [4.78, 5) is 27.2. The van der Waals surface area contributed by atoms with Crippen LogP contribution in [-0.2, 0) is 11.3 Å². The van der Waals surface area contributed by atoms with E-state index < -0.39 is 0 Å². The van der Waals surface area contributed by atoms with Gasteiger partial charge in [-0.2, -0.15) is 5.10 Å². The van der Waals surface area contributed by atoms with Crippen LogP contribution in [0.15, 0.2) is 53.6 Å². The zero-order valence-electron chi connectivity index (χ0n) is 14.8. The Morgan fingerprint density at radius 2 is 2.11 bits per heavy atom. The summed E-state index contributed by atoms with van der Waals surface area (Å²) in [6, 6.07) is 11.0. The molecule has 0 spiro atoms. The number of esters is 1. The molecule has 3 heterocycles. The average Bonchev–Trinajstić information content (AvgIpc) is 3.14. The second kappa shape index (κ2) is 7.11. The van der Waals surface area contributed by atoms with Crippen LogP contribution in [0.3, 0.4) is 0 Å². The summed E-state index contributed by atoms with van der Waals surface area (Å²) < 4.78 is 12.8. The van der Waals surface area contributed by atoms with Crippen LogP contribution in [0.2, 0.25) is 0 Å². The highest BCUT2D eigenvalue weighted by atomic mass is 16.5.